The highest BCUT2D eigenvalue weighted by atomic mass is 16.2. The minimum absolute atomic E-state index is 0.0961. The quantitative estimate of drug-likeness (QED) is 0.750. The predicted octanol–water partition coefficient (Wildman–Crippen LogP) is 1.67. The first-order chi connectivity index (χ1) is 11.7. The number of likely N-dealkylation sites (tertiary alicyclic amines) is 1. The van der Waals surface area contributed by atoms with Crippen LogP contribution in [0.5, 0.6) is 0 Å². The van der Waals surface area contributed by atoms with Crippen molar-refractivity contribution < 1.29 is 4.79 Å². The summed E-state index contributed by atoms with van der Waals surface area (Å²) in [4.78, 5) is 41.0. The van der Waals surface area contributed by atoms with E-state index in [2.05, 4.69) is 19.9 Å². The van der Waals surface area contributed by atoms with Gasteiger partial charge < -0.3 is 14.9 Å². The van der Waals surface area contributed by atoms with Gasteiger partial charge in [0.15, 0.2) is 5.82 Å². The van der Waals surface area contributed by atoms with Crippen molar-refractivity contribution in [2.24, 2.45) is 0 Å². The van der Waals surface area contributed by atoms with Crippen LogP contribution in [0.3, 0.4) is 0 Å². The fourth-order valence-corrected chi connectivity index (χ4v) is 3.22. The highest BCUT2D eigenvalue weighted by molar-refractivity contribution is 5.92. The number of hydrogen-bond acceptors (Lipinski definition) is 4. The van der Waals surface area contributed by atoms with Gasteiger partial charge in [-0.25, -0.2) is 9.97 Å². The Morgan fingerprint density at radius 1 is 1.29 bits per heavy atom. The van der Waals surface area contributed by atoms with Crippen LogP contribution in [-0.2, 0) is 0 Å². The number of rotatable bonds is 2. The Morgan fingerprint density at radius 2 is 2.17 bits per heavy atom. The molecule has 4 rings (SSSR count). The lowest BCUT2D eigenvalue weighted by Gasteiger charge is -2.31. The molecule has 1 amide bonds. The molecule has 3 aromatic rings. The lowest BCUT2D eigenvalue weighted by molar-refractivity contribution is 0.0692. The number of para-hydroxylation sites is 1. The van der Waals surface area contributed by atoms with E-state index in [0.717, 1.165) is 18.7 Å². The molecule has 0 saturated carbocycles. The minimum atomic E-state index is -0.288. The van der Waals surface area contributed by atoms with Gasteiger partial charge in [-0.15, -0.1) is 0 Å². The first-order valence-electron chi connectivity index (χ1n) is 8.00. The largest absolute Gasteiger partial charge is 0.348 e. The molecule has 0 radical (unpaired) electrons. The van der Waals surface area contributed by atoms with E-state index in [1.54, 1.807) is 41.6 Å². The van der Waals surface area contributed by atoms with Gasteiger partial charge in [-0.1, -0.05) is 12.1 Å². The summed E-state index contributed by atoms with van der Waals surface area (Å²) in [5, 5.41) is 0.487. The molecule has 1 saturated heterocycles. The van der Waals surface area contributed by atoms with Crippen molar-refractivity contribution >= 4 is 16.8 Å². The third-order valence-corrected chi connectivity index (χ3v) is 4.43. The molecule has 1 atom stereocenters. The number of hydrogen-bond donors (Lipinski definition) is 2. The molecule has 122 valence electrons. The van der Waals surface area contributed by atoms with Crippen molar-refractivity contribution in [3.05, 3.63) is 58.7 Å². The van der Waals surface area contributed by atoms with E-state index in [4.69, 9.17) is 0 Å². The summed E-state index contributed by atoms with van der Waals surface area (Å²) in [6.45, 7) is 1.23. The molecule has 0 unspecified atom stereocenters. The zero-order chi connectivity index (χ0) is 16.5. The van der Waals surface area contributed by atoms with Crippen LogP contribution in [0.4, 0.5) is 0 Å². The lowest BCUT2D eigenvalue weighted by Crippen LogP contribution is -2.40. The number of aromatic nitrogens is 4. The SMILES string of the molecule is O=C(c1nc2ccccc2c(=O)[nH]1)N1CCC[C@@H](c2ncc[nH]2)C1. The molecular weight excluding hydrogens is 306 g/mol. The number of nitrogens with zero attached hydrogens (tertiary/aromatic N) is 3. The molecule has 1 fully saturated rings. The molecule has 0 aliphatic carbocycles. The first kappa shape index (κ1) is 14.6. The summed E-state index contributed by atoms with van der Waals surface area (Å²) in [6, 6.07) is 7.02. The number of H-pyrrole nitrogens is 2. The molecule has 7 heteroatoms. The topological polar surface area (TPSA) is 94.7 Å². The van der Waals surface area contributed by atoms with Crippen LogP contribution in [0.25, 0.3) is 10.9 Å². The van der Waals surface area contributed by atoms with Gasteiger partial charge in [-0.05, 0) is 25.0 Å². The van der Waals surface area contributed by atoms with Crippen molar-refractivity contribution in [2.45, 2.75) is 18.8 Å². The van der Waals surface area contributed by atoms with Gasteiger partial charge in [0.05, 0.1) is 10.9 Å². The molecule has 2 aromatic heterocycles. The second kappa shape index (κ2) is 5.92. The zero-order valence-corrected chi connectivity index (χ0v) is 13.0. The first-order valence-corrected chi connectivity index (χ1v) is 8.00. The summed E-state index contributed by atoms with van der Waals surface area (Å²) >= 11 is 0. The highest BCUT2D eigenvalue weighted by Crippen LogP contribution is 2.25. The molecule has 1 aromatic carbocycles. The van der Waals surface area contributed by atoms with Crippen molar-refractivity contribution in [2.75, 3.05) is 13.1 Å². The maximum Gasteiger partial charge on any atom is 0.289 e. The van der Waals surface area contributed by atoms with Gasteiger partial charge in [-0.3, -0.25) is 9.59 Å². The number of carbonyl (C=O) groups excluding carboxylic acids is 1. The van der Waals surface area contributed by atoms with E-state index in [1.807, 2.05) is 0 Å². The maximum atomic E-state index is 12.8. The van der Waals surface area contributed by atoms with Crippen LogP contribution in [0.15, 0.2) is 41.5 Å². The Bertz CT molecular complexity index is 932. The average Bonchev–Trinajstić information content (AvgIpc) is 3.16. The fourth-order valence-electron chi connectivity index (χ4n) is 3.22. The van der Waals surface area contributed by atoms with Crippen LogP contribution in [0.1, 0.15) is 35.2 Å². The standard InChI is InChI=1S/C17H17N5O2/c23-16-12-5-1-2-6-13(12)20-15(21-16)17(24)22-9-3-4-11(10-22)14-18-7-8-19-14/h1-2,5-8,11H,3-4,9-10H2,(H,18,19)(H,20,21,23)/t11-/m1/s1. The number of aromatic amines is 2. The van der Waals surface area contributed by atoms with Crippen LogP contribution in [-0.4, -0.2) is 43.8 Å². The van der Waals surface area contributed by atoms with Crippen molar-refractivity contribution in [3.8, 4) is 0 Å². The number of nitrogens with one attached hydrogen (secondary N) is 2. The van der Waals surface area contributed by atoms with E-state index < -0.39 is 0 Å². The van der Waals surface area contributed by atoms with Gasteiger partial charge >= 0.3 is 0 Å². The molecule has 7 nitrogen and oxygen atoms in total. The molecular formula is C17H17N5O2. The van der Waals surface area contributed by atoms with Crippen molar-refractivity contribution in [1.82, 2.24) is 24.8 Å². The number of fused-ring (bicyclic) bond motifs is 1. The van der Waals surface area contributed by atoms with Crippen LogP contribution < -0.4 is 5.56 Å². The van der Waals surface area contributed by atoms with Crippen molar-refractivity contribution in [3.63, 3.8) is 0 Å². The second-order valence-corrected chi connectivity index (χ2v) is 6.00. The highest BCUT2D eigenvalue weighted by Gasteiger charge is 2.28. The summed E-state index contributed by atoms with van der Waals surface area (Å²) in [5.74, 6) is 0.935. The van der Waals surface area contributed by atoms with Crippen LogP contribution in [0.2, 0.25) is 0 Å². The molecule has 3 heterocycles. The summed E-state index contributed by atoms with van der Waals surface area (Å²) < 4.78 is 0. The number of imidazole rings is 1. The monoisotopic (exact) mass is 323 g/mol. The number of piperidine rings is 1. The number of carbonyl (C=O) groups is 1. The normalized spacial score (nSPS) is 18.0. The molecule has 0 bridgehead atoms. The third kappa shape index (κ3) is 2.58. The molecule has 2 N–H and O–H groups in total. The van der Waals surface area contributed by atoms with Crippen LogP contribution in [0, 0.1) is 0 Å². The number of amides is 1. The third-order valence-electron chi connectivity index (χ3n) is 4.43. The smallest absolute Gasteiger partial charge is 0.289 e. The summed E-state index contributed by atoms with van der Waals surface area (Å²) in [7, 11) is 0. The zero-order valence-electron chi connectivity index (χ0n) is 13.0. The predicted molar refractivity (Wildman–Crippen MR) is 88.8 cm³/mol. The van der Waals surface area contributed by atoms with Crippen LogP contribution >= 0.6 is 0 Å². The second-order valence-electron chi connectivity index (χ2n) is 6.00. The minimum Gasteiger partial charge on any atom is -0.348 e. The van der Waals surface area contributed by atoms with E-state index >= 15 is 0 Å². The fraction of sp³-hybridized carbons (Fsp3) is 0.294. The molecule has 1 aliphatic rings. The van der Waals surface area contributed by atoms with Gasteiger partial charge in [0.25, 0.3) is 11.5 Å². The Kier molecular flexibility index (Phi) is 3.60. The van der Waals surface area contributed by atoms with Gasteiger partial charge in [0, 0.05) is 31.4 Å². The summed E-state index contributed by atoms with van der Waals surface area (Å²) in [5.41, 5.74) is 0.243. The van der Waals surface area contributed by atoms with Gasteiger partial charge in [0.2, 0.25) is 0 Å². The maximum absolute atomic E-state index is 12.8. The van der Waals surface area contributed by atoms with Gasteiger partial charge in [-0.2, -0.15) is 0 Å². The Morgan fingerprint density at radius 3 is 3.00 bits per heavy atom. The van der Waals surface area contributed by atoms with E-state index in [-0.39, 0.29) is 23.2 Å². The van der Waals surface area contributed by atoms with Crippen molar-refractivity contribution in [1.29, 1.82) is 0 Å². The van der Waals surface area contributed by atoms with E-state index in [9.17, 15) is 9.59 Å². The van der Waals surface area contributed by atoms with E-state index in [1.165, 1.54) is 0 Å². The Hall–Kier alpha value is -2.96. The molecule has 1 aliphatic heterocycles. The number of benzene rings is 1. The van der Waals surface area contributed by atoms with E-state index in [0.29, 0.717) is 24.0 Å². The Labute approximate surface area is 137 Å². The lowest BCUT2D eigenvalue weighted by atomic mass is 9.97. The molecule has 24 heavy (non-hydrogen) atoms. The summed E-state index contributed by atoms with van der Waals surface area (Å²) in [6.07, 6.45) is 5.39. The Balaban J connectivity index is 1.62. The average molecular weight is 323 g/mol. The van der Waals surface area contributed by atoms with Gasteiger partial charge in [0.1, 0.15) is 5.82 Å². The molecule has 0 spiro atoms.